The summed E-state index contributed by atoms with van der Waals surface area (Å²) in [4.78, 5) is 0. The second-order valence-electron chi connectivity index (χ2n) is 5.88. The van der Waals surface area contributed by atoms with Crippen LogP contribution < -0.4 is 0 Å². The Morgan fingerprint density at radius 2 is 1.41 bits per heavy atom. The summed E-state index contributed by atoms with van der Waals surface area (Å²) in [6, 6.07) is 0. The third-order valence-corrected chi connectivity index (χ3v) is 7.14. The number of thioether (sulfide) groups is 1. The van der Waals surface area contributed by atoms with Gasteiger partial charge in [-0.3, -0.25) is 0 Å². The molecule has 0 N–H and O–H groups in total. The van der Waals surface area contributed by atoms with Crippen molar-refractivity contribution in [1.82, 2.24) is 0 Å². The number of unbranched alkanes of at least 4 members (excludes halogenated alkanes) is 9. The van der Waals surface area contributed by atoms with Gasteiger partial charge in [0.2, 0.25) is 0 Å². The van der Waals surface area contributed by atoms with E-state index in [0.717, 1.165) is 0 Å². The van der Waals surface area contributed by atoms with Gasteiger partial charge in [-0.05, 0) is 47.2 Å². The smallest absolute Gasteiger partial charge is 0.0655 e. The van der Waals surface area contributed by atoms with E-state index in [1.165, 1.54) is 87.3 Å². The van der Waals surface area contributed by atoms with Crippen LogP contribution in [0.2, 0.25) is 0 Å². The summed E-state index contributed by atoms with van der Waals surface area (Å²) in [6.45, 7) is 6.29. The number of halogens is 2. The highest BCUT2D eigenvalue weighted by atomic mass is 79.9. The molecule has 0 aromatic carbocycles. The van der Waals surface area contributed by atoms with Gasteiger partial charge in [0.25, 0.3) is 0 Å². The highest BCUT2D eigenvalue weighted by Gasteiger charge is 2.17. The van der Waals surface area contributed by atoms with E-state index in [9.17, 15) is 0 Å². The van der Waals surface area contributed by atoms with Crippen LogP contribution in [0.15, 0.2) is 9.39 Å². The van der Waals surface area contributed by atoms with Gasteiger partial charge in [-0.2, -0.15) is 0 Å². The van der Waals surface area contributed by atoms with Crippen molar-refractivity contribution in [1.29, 1.82) is 0 Å². The van der Waals surface area contributed by atoms with Crippen molar-refractivity contribution in [3.8, 4) is 0 Å². The first kappa shape index (κ1) is 23.1. The molecule has 0 aromatic heterocycles. The molecule has 132 valence electrons. The summed E-state index contributed by atoms with van der Waals surface area (Å²) in [5.41, 5.74) is 1.66. The van der Waals surface area contributed by atoms with E-state index in [0.29, 0.717) is 4.16 Å². The average molecular weight is 456 g/mol. The molecule has 0 nitrogen and oxygen atoms in total. The lowest BCUT2D eigenvalue weighted by Gasteiger charge is -2.20. The topological polar surface area (TPSA) is 0 Å². The van der Waals surface area contributed by atoms with Gasteiger partial charge in [-0.25, -0.2) is 0 Å². The Kier molecular flexibility index (Phi) is 17.7. The molecule has 0 bridgehead atoms. The SMILES string of the molecule is CC.CCCCCCCCCCCCC1=C(Br)SC(Br)CC1. The number of allylic oxidation sites excluding steroid dienone is 1. The van der Waals surface area contributed by atoms with Gasteiger partial charge in [-0.15, -0.1) is 11.8 Å². The van der Waals surface area contributed by atoms with E-state index in [2.05, 4.69) is 38.8 Å². The summed E-state index contributed by atoms with van der Waals surface area (Å²) in [5, 5.41) is 0. The number of hydrogen-bond acceptors (Lipinski definition) is 1. The van der Waals surface area contributed by atoms with E-state index in [1.807, 2.05) is 25.6 Å². The van der Waals surface area contributed by atoms with Crippen LogP contribution in [-0.4, -0.2) is 4.16 Å². The Balaban J connectivity index is 0.00000211. The lowest BCUT2D eigenvalue weighted by molar-refractivity contribution is 0.554. The molecule has 0 aromatic rings. The van der Waals surface area contributed by atoms with Gasteiger partial charge < -0.3 is 0 Å². The third kappa shape index (κ3) is 12.5. The van der Waals surface area contributed by atoms with Crippen molar-refractivity contribution in [2.45, 2.75) is 108 Å². The maximum atomic E-state index is 3.73. The molecule has 1 unspecified atom stereocenters. The molecule has 0 amide bonds. The fraction of sp³-hybridized carbons (Fsp3) is 0.895. The first-order valence-corrected chi connectivity index (χ1v) is 12.0. The molecule has 0 saturated heterocycles. The first-order chi connectivity index (χ1) is 10.7. The predicted molar refractivity (Wildman–Crippen MR) is 113 cm³/mol. The molecule has 1 atom stereocenters. The molecular weight excluding hydrogens is 420 g/mol. The van der Waals surface area contributed by atoms with Gasteiger partial charge >= 0.3 is 0 Å². The van der Waals surface area contributed by atoms with E-state index in [4.69, 9.17) is 0 Å². The van der Waals surface area contributed by atoms with Crippen LogP contribution in [0.5, 0.6) is 0 Å². The zero-order valence-corrected chi connectivity index (χ0v) is 18.9. The molecule has 1 aliphatic rings. The fourth-order valence-corrected chi connectivity index (χ4v) is 6.14. The molecule has 22 heavy (non-hydrogen) atoms. The van der Waals surface area contributed by atoms with E-state index in [-0.39, 0.29) is 0 Å². The molecule has 0 aliphatic carbocycles. The molecule has 1 aliphatic heterocycles. The van der Waals surface area contributed by atoms with Crippen LogP contribution in [0.1, 0.15) is 104 Å². The minimum Gasteiger partial charge on any atom is -0.104 e. The third-order valence-electron chi connectivity index (χ3n) is 4.01. The largest absolute Gasteiger partial charge is 0.104 e. The van der Waals surface area contributed by atoms with Crippen molar-refractivity contribution in [2.75, 3.05) is 0 Å². The predicted octanol–water partition coefficient (Wildman–Crippen LogP) is 9.18. The molecule has 0 radical (unpaired) electrons. The number of hydrogen-bond donors (Lipinski definition) is 0. The summed E-state index contributed by atoms with van der Waals surface area (Å²) >= 11 is 9.36. The summed E-state index contributed by atoms with van der Waals surface area (Å²) in [7, 11) is 0. The van der Waals surface area contributed by atoms with Crippen LogP contribution in [0, 0.1) is 0 Å². The van der Waals surface area contributed by atoms with Crippen molar-refractivity contribution >= 4 is 43.6 Å². The van der Waals surface area contributed by atoms with Crippen molar-refractivity contribution in [3.05, 3.63) is 9.39 Å². The normalized spacial score (nSPS) is 18.1. The Hall–Kier alpha value is 1.05. The Morgan fingerprint density at radius 1 is 0.909 bits per heavy atom. The lowest BCUT2D eigenvalue weighted by atomic mass is 10.0. The molecular formula is C19H36Br2S. The Bertz CT molecular complexity index is 277. The van der Waals surface area contributed by atoms with E-state index < -0.39 is 0 Å². The second kappa shape index (κ2) is 16.9. The van der Waals surface area contributed by atoms with Gasteiger partial charge in [0, 0.05) is 0 Å². The monoisotopic (exact) mass is 454 g/mol. The Labute approximate surface area is 160 Å². The summed E-state index contributed by atoms with van der Waals surface area (Å²) in [5.74, 6) is 0. The van der Waals surface area contributed by atoms with Crippen molar-refractivity contribution in [3.63, 3.8) is 0 Å². The van der Waals surface area contributed by atoms with Crippen LogP contribution in [-0.2, 0) is 0 Å². The van der Waals surface area contributed by atoms with Crippen LogP contribution in [0.3, 0.4) is 0 Å². The fourth-order valence-electron chi connectivity index (χ4n) is 2.69. The summed E-state index contributed by atoms with van der Waals surface area (Å²) < 4.78 is 2.02. The highest BCUT2D eigenvalue weighted by Crippen LogP contribution is 2.43. The first-order valence-electron chi connectivity index (χ1n) is 9.42. The molecule has 1 heterocycles. The van der Waals surface area contributed by atoms with Crippen LogP contribution in [0.25, 0.3) is 0 Å². The molecule has 0 fully saturated rings. The summed E-state index contributed by atoms with van der Waals surface area (Å²) in [6.07, 6.45) is 18.2. The van der Waals surface area contributed by atoms with E-state index >= 15 is 0 Å². The van der Waals surface area contributed by atoms with Crippen LogP contribution >= 0.6 is 43.6 Å². The molecule has 0 spiro atoms. The van der Waals surface area contributed by atoms with Crippen molar-refractivity contribution < 1.29 is 0 Å². The maximum Gasteiger partial charge on any atom is 0.0655 e. The molecule has 1 rings (SSSR count). The number of rotatable bonds is 11. The van der Waals surface area contributed by atoms with Gasteiger partial charge in [0.05, 0.1) is 7.97 Å². The average Bonchev–Trinajstić information content (AvgIpc) is 2.53. The minimum atomic E-state index is 0.619. The quantitative estimate of drug-likeness (QED) is 0.221. The Morgan fingerprint density at radius 3 is 1.91 bits per heavy atom. The van der Waals surface area contributed by atoms with Gasteiger partial charge in [-0.1, -0.05) is 94.5 Å². The van der Waals surface area contributed by atoms with Crippen LogP contribution in [0.4, 0.5) is 0 Å². The van der Waals surface area contributed by atoms with Crippen molar-refractivity contribution in [2.24, 2.45) is 0 Å². The standard InChI is InChI=1S/C17H30Br2S.C2H6/c1-2-3-4-5-6-7-8-9-10-11-12-15-13-14-16(18)20-17(15)19;1-2/h16H,2-14H2,1H3;1-2H3. The number of alkyl halides is 1. The zero-order chi connectivity index (χ0) is 16.6. The van der Waals surface area contributed by atoms with E-state index in [1.54, 1.807) is 5.57 Å². The zero-order valence-electron chi connectivity index (χ0n) is 14.9. The lowest BCUT2D eigenvalue weighted by Crippen LogP contribution is -2.01. The maximum absolute atomic E-state index is 3.73. The van der Waals surface area contributed by atoms with Gasteiger partial charge in [0.1, 0.15) is 0 Å². The van der Waals surface area contributed by atoms with Gasteiger partial charge in [0.15, 0.2) is 0 Å². The highest BCUT2D eigenvalue weighted by molar-refractivity contribution is 9.15. The molecule has 0 saturated carbocycles. The second-order valence-corrected chi connectivity index (χ2v) is 10.1. The minimum absolute atomic E-state index is 0.619. The molecule has 3 heteroatoms.